The van der Waals surface area contributed by atoms with Gasteiger partial charge >= 0.3 is 6.09 Å². The highest BCUT2D eigenvalue weighted by molar-refractivity contribution is 6.31. The SMILES string of the molecule is CCC1OC(O)C(NC(=O)CCc2cn(CCOCCOCCOCCNC(=O)COc3cc([N+](=O)[O-])c(C(C)OC(=O)N4COC5C(C)OC(OC6CC(O)(C(=O)CO)Cc7c(O)c8c(c(O)c76)C(=O)c6c(OC)cccc6C8=O)CC54)cc3OC)nn2)C(O)C1O. The number of hydrogen-bond acceptors (Lipinski definition) is 28. The number of fused-ring (bicyclic) bond motifs is 4. The van der Waals surface area contributed by atoms with Crippen LogP contribution < -0.4 is 24.8 Å². The number of aromatic hydroxyl groups is 2. The molecule has 9 N–H and O–H groups in total. The number of aryl methyl sites for hydroxylation is 1. The first-order chi connectivity index (χ1) is 44.5. The van der Waals surface area contributed by atoms with E-state index in [1.54, 1.807) is 24.7 Å². The molecule has 3 aromatic carbocycles. The number of hydrogen-bond donors (Lipinski definition) is 9. The van der Waals surface area contributed by atoms with Crippen molar-refractivity contribution in [2.75, 3.05) is 80.4 Å². The smallest absolute Gasteiger partial charge is 0.412 e. The molecule has 12 unspecified atom stereocenters. The van der Waals surface area contributed by atoms with E-state index in [0.717, 1.165) is 6.07 Å². The predicted molar refractivity (Wildman–Crippen MR) is 312 cm³/mol. The highest BCUT2D eigenvalue weighted by atomic mass is 16.7. The van der Waals surface area contributed by atoms with E-state index in [0.29, 0.717) is 25.3 Å². The van der Waals surface area contributed by atoms with Crippen LogP contribution in [0.15, 0.2) is 36.5 Å². The molecule has 33 nitrogen and oxygen atoms in total. The van der Waals surface area contributed by atoms with Gasteiger partial charge in [-0.25, -0.2) is 9.48 Å². The summed E-state index contributed by atoms with van der Waals surface area (Å²) in [5.41, 5.74) is -4.53. The second kappa shape index (κ2) is 30.3. The van der Waals surface area contributed by atoms with Crippen molar-refractivity contribution in [3.63, 3.8) is 0 Å². The number of rotatable bonds is 29. The number of aromatic nitrogens is 3. The monoisotopic (exact) mass is 1310 g/mol. The van der Waals surface area contributed by atoms with Gasteiger partial charge in [-0.05, 0) is 32.4 Å². The van der Waals surface area contributed by atoms with Gasteiger partial charge in [-0.15, -0.1) is 5.10 Å². The molecule has 9 rings (SSSR count). The number of nitrogens with zero attached hydrogens (tertiary/aromatic N) is 5. The van der Waals surface area contributed by atoms with Crippen LogP contribution in [0.5, 0.6) is 28.7 Å². The maximum atomic E-state index is 14.2. The number of nitro benzene ring substituents is 1. The fourth-order valence-corrected chi connectivity index (χ4v) is 11.9. The van der Waals surface area contributed by atoms with Crippen LogP contribution in [0.2, 0.25) is 0 Å². The number of amides is 3. The molecule has 3 amide bonds. The summed E-state index contributed by atoms with van der Waals surface area (Å²) in [4.78, 5) is 93.6. The number of aliphatic hydroxyl groups excluding tert-OH is 4. The van der Waals surface area contributed by atoms with E-state index in [2.05, 4.69) is 20.9 Å². The topological polar surface area (TPSA) is 447 Å². The number of ether oxygens (including phenoxy) is 11. The van der Waals surface area contributed by atoms with Crippen molar-refractivity contribution >= 4 is 40.9 Å². The van der Waals surface area contributed by atoms with Crippen molar-refractivity contribution in [3.8, 4) is 28.7 Å². The van der Waals surface area contributed by atoms with Crippen LogP contribution in [0.3, 0.4) is 0 Å². The molecule has 93 heavy (non-hydrogen) atoms. The lowest BCUT2D eigenvalue weighted by Crippen LogP contribution is -2.63. The number of methoxy groups -OCH3 is 2. The highest BCUT2D eigenvalue weighted by Gasteiger charge is 2.53. The molecule has 0 bridgehead atoms. The molecule has 33 heteroatoms. The molecule has 2 aliphatic carbocycles. The summed E-state index contributed by atoms with van der Waals surface area (Å²) in [5, 5.41) is 102. The lowest BCUT2D eigenvalue weighted by molar-refractivity contribution is -0.386. The fraction of sp³-hybridized carbons (Fsp3) is 0.567. The summed E-state index contributed by atoms with van der Waals surface area (Å²) in [6.07, 6.45) is -10.9. The lowest BCUT2D eigenvalue weighted by atomic mass is 9.72. The van der Waals surface area contributed by atoms with Crippen LogP contribution >= 0.6 is 0 Å². The van der Waals surface area contributed by atoms with Crippen molar-refractivity contribution in [2.45, 2.75) is 139 Å². The third-order valence-corrected chi connectivity index (χ3v) is 16.7. The minimum Gasteiger partial charge on any atom is -0.507 e. The van der Waals surface area contributed by atoms with Gasteiger partial charge in [0.25, 0.3) is 11.6 Å². The van der Waals surface area contributed by atoms with Gasteiger partial charge < -0.3 is 98.5 Å². The molecule has 0 radical (unpaired) electrons. The number of nitrogens with one attached hydrogen (secondary N) is 2. The predicted octanol–water partition coefficient (Wildman–Crippen LogP) is 0.258. The van der Waals surface area contributed by atoms with Crippen molar-refractivity contribution in [1.82, 2.24) is 30.5 Å². The van der Waals surface area contributed by atoms with E-state index in [1.165, 1.54) is 50.3 Å². The molecule has 0 saturated carbocycles. The molecule has 12 atom stereocenters. The van der Waals surface area contributed by atoms with E-state index in [-0.39, 0.29) is 111 Å². The fourth-order valence-electron chi connectivity index (χ4n) is 11.9. The largest absolute Gasteiger partial charge is 0.507 e. The summed E-state index contributed by atoms with van der Waals surface area (Å²) in [7, 11) is 2.55. The quantitative estimate of drug-likeness (QED) is 0.0134. The molecule has 506 valence electrons. The first-order valence-corrected chi connectivity index (χ1v) is 30.0. The van der Waals surface area contributed by atoms with E-state index in [4.69, 9.17) is 52.1 Å². The number of Topliss-reactive ketones (excluding diaryl/α,β-unsaturated/α-hetero) is 1. The van der Waals surface area contributed by atoms with E-state index in [9.17, 15) is 74.6 Å². The minimum atomic E-state index is -2.43. The Balaban J connectivity index is 0.708. The number of nitro groups is 1. The van der Waals surface area contributed by atoms with Crippen LogP contribution in [0.1, 0.15) is 113 Å². The zero-order valence-corrected chi connectivity index (χ0v) is 51.5. The second-order valence-electron chi connectivity index (χ2n) is 22.6. The number of ketones is 3. The van der Waals surface area contributed by atoms with Crippen molar-refractivity contribution in [2.24, 2.45) is 0 Å². The van der Waals surface area contributed by atoms with Crippen LogP contribution in [-0.2, 0) is 71.7 Å². The molecule has 4 aromatic rings. The van der Waals surface area contributed by atoms with Gasteiger partial charge in [0.05, 0.1) is 124 Å². The summed E-state index contributed by atoms with van der Waals surface area (Å²) in [5.74, 6) is -5.63. The molecule has 1 aromatic heterocycles. The van der Waals surface area contributed by atoms with Crippen LogP contribution in [0.4, 0.5) is 10.5 Å². The Labute approximate surface area is 530 Å². The molecule has 3 saturated heterocycles. The Morgan fingerprint density at radius 2 is 1.61 bits per heavy atom. The zero-order valence-electron chi connectivity index (χ0n) is 51.5. The zero-order chi connectivity index (χ0) is 67.0. The Morgan fingerprint density at radius 3 is 2.31 bits per heavy atom. The first kappa shape index (κ1) is 69.3. The van der Waals surface area contributed by atoms with Crippen molar-refractivity contribution in [1.29, 1.82) is 0 Å². The van der Waals surface area contributed by atoms with Gasteiger partial charge in [0, 0.05) is 61.5 Å². The van der Waals surface area contributed by atoms with Gasteiger partial charge in [-0.2, -0.15) is 0 Å². The maximum Gasteiger partial charge on any atom is 0.412 e. The number of benzene rings is 3. The third-order valence-electron chi connectivity index (χ3n) is 16.7. The van der Waals surface area contributed by atoms with Gasteiger partial charge in [0.2, 0.25) is 11.7 Å². The summed E-state index contributed by atoms with van der Waals surface area (Å²) in [6, 6.07) is 4.45. The highest BCUT2D eigenvalue weighted by Crippen LogP contribution is 2.53. The van der Waals surface area contributed by atoms with Crippen LogP contribution in [0.25, 0.3) is 0 Å². The molecule has 0 spiro atoms. The number of carbonyl (C=O) groups excluding carboxylic acids is 6. The maximum absolute atomic E-state index is 14.2. The molecule has 4 heterocycles. The normalized spacial score (nSPS) is 25.0. The average molecular weight is 1310 g/mol. The minimum absolute atomic E-state index is 0.0134. The summed E-state index contributed by atoms with van der Waals surface area (Å²) in [6.45, 7) is 4.54. The van der Waals surface area contributed by atoms with E-state index < -0.39 is 168 Å². The summed E-state index contributed by atoms with van der Waals surface area (Å²) >= 11 is 0. The first-order valence-electron chi connectivity index (χ1n) is 30.0. The third kappa shape index (κ3) is 15.1. The Hall–Kier alpha value is -8.06. The van der Waals surface area contributed by atoms with Crippen LogP contribution in [0, 0.1) is 10.1 Å². The molecular formula is C60H75N7O26. The number of carbonyl (C=O) groups is 6. The van der Waals surface area contributed by atoms with E-state index >= 15 is 0 Å². The second-order valence-corrected chi connectivity index (χ2v) is 22.6. The molecule has 3 fully saturated rings. The van der Waals surface area contributed by atoms with Gasteiger partial charge in [-0.3, -0.25) is 39.0 Å². The van der Waals surface area contributed by atoms with E-state index in [1.807, 2.05) is 0 Å². The van der Waals surface area contributed by atoms with Crippen LogP contribution in [-0.4, -0.2) is 237 Å². The molecule has 3 aliphatic heterocycles. The van der Waals surface area contributed by atoms with Crippen molar-refractivity contribution in [3.05, 3.63) is 91.3 Å². The average Bonchev–Trinajstić information content (AvgIpc) is 1.13. The van der Waals surface area contributed by atoms with Gasteiger partial charge in [-0.1, -0.05) is 24.3 Å². The van der Waals surface area contributed by atoms with Gasteiger partial charge in [0.1, 0.15) is 66.6 Å². The van der Waals surface area contributed by atoms with Gasteiger partial charge in [0.15, 0.2) is 42.3 Å². The number of phenols is 2. The number of phenolic OH excluding ortho intramolecular Hbond substituents is 2. The lowest BCUT2D eigenvalue weighted by Gasteiger charge is -2.42. The standard InChI is InChI=1S/C60H75N7O26/c1-6-37-53(74)56(77)50(58(78)93-37)62-43(70)11-10-31-25-65(64-63-31)13-15-86-17-19-87-18-16-85-14-12-61-44(71)27-88-40-21-35(67(81)82)33(20-39(40)84-5)29(2)91-59(79)66-28-89-57-30(3)90-45(22-36(57)66)92-41-24-60(80,42(69)26-68)23-34-47(41)55(76)49-48(52(34)73)51(72)32-8-7-9-38(83-4)46(32)54(49)75/h7-9,20-21,25,29-30,36-37,41,45,50,53,56-58,68,73-74,76-78,80H,6,10-19,22-24,26-28H2,1-5H3,(H,61,71)(H,62,70). The Bertz CT molecular complexity index is 3420. The Kier molecular flexibility index (Phi) is 22.6. The van der Waals surface area contributed by atoms with Crippen molar-refractivity contribution < 1.29 is 122 Å². The Morgan fingerprint density at radius 1 is 0.903 bits per heavy atom. The molecule has 5 aliphatic rings. The molecular weight excluding hydrogens is 1230 g/mol. The number of aliphatic hydroxyl groups is 5. The summed E-state index contributed by atoms with van der Waals surface area (Å²) < 4.78 is 64.3.